The van der Waals surface area contributed by atoms with Crippen LogP contribution >= 0.6 is 0 Å². The van der Waals surface area contributed by atoms with Crippen molar-refractivity contribution >= 4 is 5.69 Å². The van der Waals surface area contributed by atoms with Crippen LogP contribution < -0.4 is 4.90 Å². The fourth-order valence-electron chi connectivity index (χ4n) is 1.63. The highest BCUT2D eigenvalue weighted by Gasteiger charge is 2.19. The number of nitrogens with zero attached hydrogens (tertiary/aromatic N) is 1. The highest BCUT2D eigenvalue weighted by atomic mass is 19.1. The second kappa shape index (κ2) is 3.34. The van der Waals surface area contributed by atoms with Gasteiger partial charge in [0.1, 0.15) is 5.82 Å². The summed E-state index contributed by atoms with van der Waals surface area (Å²) in [7, 11) is 0. The second-order valence-corrected chi connectivity index (χ2v) is 3.36. The van der Waals surface area contributed by atoms with E-state index >= 15 is 0 Å². The van der Waals surface area contributed by atoms with Gasteiger partial charge in [0.2, 0.25) is 0 Å². The number of halogens is 1. The Morgan fingerprint density at radius 2 is 2.00 bits per heavy atom. The Hall–Kier alpha value is -1.09. The predicted molar refractivity (Wildman–Crippen MR) is 49.2 cm³/mol. The predicted octanol–water partition coefficient (Wildman–Crippen LogP) is 1.40. The summed E-state index contributed by atoms with van der Waals surface area (Å²) >= 11 is 0. The quantitative estimate of drug-likeness (QED) is 0.707. The number of anilines is 1. The van der Waals surface area contributed by atoms with E-state index < -0.39 is 0 Å². The van der Waals surface area contributed by atoms with Crippen molar-refractivity contribution in [1.82, 2.24) is 0 Å². The van der Waals surface area contributed by atoms with Crippen molar-refractivity contribution in [3.05, 3.63) is 30.1 Å². The first kappa shape index (κ1) is 8.51. The molecule has 13 heavy (non-hydrogen) atoms. The molecule has 1 saturated heterocycles. The number of aliphatic hydroxyl groups is 1. The molecular weight excluding hydrogens is 169 g/mol. The third-order valence-corrected chi connectivity index (χ3v) is 2.36. The Morgan fingerprint density at radius 3 is 2.54 bits per heavy atom. The van der Waals surface area contributed by atoms with Crippen molar-refractivity contribution in [3.63, 3.8) is 0 Å². The minimum Gasteiger partial charge on any atom is -0.391 e. The molecule has 1 aliphatic heterocycles. The zero-order chi connectivity index (χ0) is 9.26. The Kier molecular flexibility index (Phi) is 2.19. The van der Waals surface area contributed by atoms with Gasteiger partial charge in [-0.25, -0.2) is 4.39 Å². The lowest BCUT2D eigenvalue weighted by Crippen LogP contribution is -2.20. The van der Waals surface area contributed by atoms with E-state index in [1.807, 2.05) is 0 Å². The third-order valence-electron chi connectivity index (χ3n) is 2.36. The van der Waals surface area contributed by atoms with Crippen molar-refractivity contribution in [1.29, 1.82) is 0 Å². The Labute approximate surface area is 76.6 Å². The molecule has 1 atom stereocenters. The van der Waals surface area contributed by atoms with Crippen LogP contribution in [0.5, 0.6) is 0 Å². The van der Waals surface area contributed by atoms with Gasteiger partial charge in [0, 0.05) is 18.8 Å². The monoisotopic (exact) mass is 181 g/mol. The molecule has 1 N–H and O–H groups in total. The van der Waals surface area contributed by atoms with Gasteiger partial charge >= 0.3 is 0 Å². The largest absolute Gasteiger partial charge is 0.391 e. The van der Waals surface area contributed by atoms with Crippen LogP contribution in [-0.2, 0) is 0 Å². The van der Waals surface area contributed by atoms with Gasteiger partial charge in [0.15, 0.2) is 0 Å². The molecule has 0 aliphatic carbocycles. The van der Waals surface area contributed by atoms with Crippen LogP contribution in [0.2, 0.25) is 0 Å². The van der Waals surface area contributed by atoms with Gasteiger partial charge in [-0.3, -0.25) is 0 Å². The standard InChI is InChI=1S/C10H12FNO/c11-8-1-3-9(4-2-8)12-6-5-10(13)7-12/h1-4,10,13H,5-7H2. The van der Waals surface area contributed by atoms with Gasteiger partial charge in [-0.2, -0.15) is 0 Å². The Morgan fingerprint density at radius 1 is 1.31 bits per heavy atom. The highest BCUT2D eigenvalue weighted by Crippen LogP contribution is 2.20. The molecule has 0 amide bonds. The Balaban J connectivity index is 2.13. The lowest BCUT2D eigenvalue weighted by Gasteiger charge is -2.17. The first-order chi connectivity index (χ1) is 6.25. The molecule has 0 aromatic heterocycles. The topological polar surface area (TPSA) is 23.5 Å². The normalized spacial score (nSPS) is 22.3. The fourth-order valence-corrected chi connectivity index (χ4v) is 1.63. The van der Waals surface area contributed by atoms with Crippen LogP contribution in [0.1, 0.15) is 6.42 Å². The third kappa shape index (κ3) is 1.80. The molecule has 1 fully saturated rings. The van der Waals surface area contributed by atoms with E-state index in [9.17, 15) is 9.50 Å². The zero-order valence-corrected chi connectivity index (χ0v) is 7.28. The van der Waals surface area contributed by atoms with Gasteiger partial charge < -0.3 is 10.0 Å². The zero-order valence-electron chi connectivity index (χ0n) is 7.28. The lowest BCUT2D eigenvalue weighted by molar-refractivity contribution is 0.198. The van der Waals surface area contributed by atoms with E-state index in [1.165, 1.54) is 12.1 Å². The van der Waals surface area contributed by atoms with Crippen LogP contribution in [0.4, 0.5) is 10.1 Å². The highest BCUT2D eigenvalue weighted by molar-refractivity contribution is 5.47. The molecule has 1 aromatic carbocycles. The van der Waals surface area contributed by atoms with Crippen molar-refractivity contribution < 1.29 is 9.50 Å². The van der Waals surface area contributed by atoms with Crippen molar-refractivity contribution in [2.24, 2.45) is 0 Å². The number of hydrogen-bond acceptors (Lipinski definition) is 2. The Bertz CT molecular complexity index is 285. The smallest absolute Gasteiger partial charge is 0.123 e. The van der Waals surface area contributed by atoms with E-state index in [2.05, 4.69) is 4.90 Å². The molecule has 0 bridgehead atoms. The van der Waals surface area contributed by atoms with Crippen LogP contribution in [0, 0.1) is 5.82 Å². The molecule has 0 saturated carbocycles. The molecule has 3 heteroatoms. The maximum Gasteiger partial charge on any atom is 0.123 e. The number of aliphatic hydroxyl groups excluding tert-OH is 1. The number of β-amino-alcohol motifs (C(OH)–C–C–N with tert-alkyl or cyclic N) is 1. The van der Waals surface area contributed by atoms with E-state index in [4.69, 9.17) is 0 Å². The first-order valence-electron chi connectivity index (χ1n) is 4.44. The number of hydrogen-bond donors (Lipinski definition) is 1. The van der Waals surface area contributed by atoms with Gasteiger partial charge in [-0.05, 0) is 30.7 Å². The van der Waals surface area contributed by atoms with Crippen molar-refractivity contribution in [3.8, 4) is 0 Å². The summed E-state index contributed by atoms with van der Waals surface area (Å²) in [4.78, 5) is 2.06. The summed E-state index contributed by atoms with van der Waals surface area (Å²) < 4.78 is 12.6. The summed E-state index contributed by atoms with van der Waals surface area (Å²) in [6.45, 7) is 1.51. The summed E-state index contributed by atoms with van der Waals surface area (Å²) in [6.07, 6.45) is 0.572. The van der Waals surface area contributed by atoms with Gasteiger partial charge in [0.25, 0.3) is 0 Å². The van der Waals surface area contributed by atoms with Crippen LogP contribution in [0.15, 0.2) is 24.3 Å². The maximum atomic E-state index is 12.6. The molecule has 1 aromatic rings. The minimum atomic E-state index is -0.231. The molecule has 2 nitrogen and oxygen atoms in total. The van der Waals surface area contributed by atoms with Crippen LogP contribution in [-0.4, -0.2) is 24.3 Å². The first-order valence-corrected chi connectivity index (χ1v) is 4.44. The SMILES string of the molecule is OC1CCN(c2ccc(F)cc2)C1. The summed E-state index contributed by atoms with van der Waals surface area (Å²) in [5, 5.41) is 9.30. The van der Waals surface area contributed by atoms with Crippen LogP contribution in [0.3, 0.4) is 0 Å². The molecule has 1 aliphatic rings. The fraction of sp³-hybridized carbons (Fsp3) is 0.400. The molecule has 0 spiro atoms. The molecule has 1 heterocycles. The van der Waals surface area contributed by atoms with Crippen molar-refractivity contribution in [2.45, 2.75) is 12.5 Å². The lowest BCUT2D eigenvalue weighted by atomic mass is 10.3. The maximum absolute atomic E-state index is 12.6. The van der Waals surface area contributed by atoms with E-state index in [1.54, 1.807) is 12.1 Å². The van der Waals surface area contributed by atoms with E-state index in [0.29, 0.717) is 6.54 Å². The average Bonchev–Trinajstić information content (AvgIpc) is 2.53. The summed E-state index contributed by atoms with van der Waals surface area (Å²) in [5.41, 5.74) is 0.984. The van der Waals surface area contributed by atoms with Crippen LogP contribution in [0.25, 0.3) is 0 Å². The second-order valence-electron chi connectivity index (χ2n) is 3.36. The molecule has 0 radical (unpaired) electrons. The molecular formula is C10H12FNO. The molecule has 70 valence electrons. The van der Waals surface area contributed by atoms with E-state index in [0.717, 1.165) is 18.7 Å². The van der Waals surface area contributed by atoms with E-state index in [-0.39, 0.29) is 11.9 Å². The number of benzene rings is 1. The van der Waals surface area contributed by atoms with Gasteiger partial charge in [-0.1, -0.05) is 0 Å². The molecule has 2 rings (SSSR count). The summed E-state index contributed by atoms with van der Waals surface area (Å²) in [5.74, 6) is -0.219. The van der Waals surface area contributed by atoms with Gasteiger partial charge in [-0.15, -0.1) is 0 Å². The average molecular weight is 181 g/mol. The summed E-state index contributed by atoms with van der Waals surface area (Å²) in [6, 6.07) is 6.38. The van der Waals surface area contributed by atoms with Crippen molar-refractivity contribution in [2.75, 3.05) is 18.0 Å². The van der Waals surface area contributed by atoms with Gasteiger partial charge in [0.05, 0.1) is 6.10 Å². The minimum absolute atomic E-state index is 0.219. The molecule has 1 unspecified atom stereocenters. The number of rotatable bonds is 1.